The molecule has 0 unspecified atom stereocenters. The molecule has 29 heavy (non-hydrogen) atoms. The highest BCUT2D eigenvalue weighted by molar-refractivity contribution is 5.76. The Balaban J connectivity index is 2.15. The van der Waals surface area contributed by atoms with E-state index in [1.807, 2.05) is 6.92 Å². The van der Waals surface area contributed by atoms with E-state index in [2.05, 4.69) is 5.10 Å². The van der Waals surface area contributed by atoms with Gasteiger partial charge in [-0.3, -0.25) is 9.36 Å². The summed E-state index contributed by atoms with van der Waals surface area (Å²) in [5.41, 5.74) is -1.69. The zero-order valence-corrected chi connectivity index (χ0v) is 17.2. The van der Waals surface area contributed by atoms with Crippen molar-refractivity contribution >= 4 is 5.97 Å². The van der Waals surface area contributed by atoms with Gasteiger partial charge >= 0.3 is 17.2 Å². The number of ether oxygens (including phenoxy) is 2. The molecule has 9 nitrogen and oxygen atoms in total. The highest BCUT2D eigenvalue weighted by atomic mass is 16.5. The molecule has 0 radical (unpaired) electrons. The number of aliphatic carboxylic acids is 1. The SMILES string of the molecule is CCCCn1c(=O)c(OCCc2ccccc2OC(C)(C)C(=O)O)nn(C)c1=O. The third-order valence-corrected chi connectivity index (χ3v) is 4.37. The summed E-state index contributed by atoms with van der Waals surface area (Å²) in [7, 11) is 1.47. The van der Waals surface area contributed by atoms with Crippen LogP contribution in [0.4, 0.5) is 0 Å². The topological polar surface area (TPSA) is 113 Å². The minimum absolute atomic E-state index is 0.113. The van der Waals surface area contributed by atoms with Crippen LogP contribution in [0.5, 0.6) is 11.6 Å². The van der Waals surface area contributed by atoms with Crippen LogP contribution in [-0.2, 0) is 24.8 Å². The van der Waals surface area contributed by atoms with E-state index in [1.165, 1.54) is 20.9 Å². The second kappa shape index (κ2) is 9.40. The van der Waals surface area contributed by atoms with Gasteiger partial charge in [0.2, 0.25) is 0 Å². The molecule has 1 aromatic carbocycles. The Hall–Kier alpha value is -3.10. The molecule has 0 aliphatic rings. The molecule has 0 bridgehead atoms. The Morgan fingerprint density at radius 3 is 2.59 bits per heavy atom. The van der Waals surface area contributed by atoms with Gasteiger partial charge in [0.25, 0.3) is 5.88 Å². The number of aryl methyl sites for hydroxylation is 1. The number of hydrogen-bond acceptors (Lipinski definition) is 6. The molecule has 1 heterocycles. The van der Waals surface area contributed by atoms with Crippen LogP contribution in [0.1, 0.15) is 39.2 Å². The van der Waals surface area contributed by atoms with Gasteiger partial charge < -0.3 is 14.6 Å². The van der Waals surface area contributed by atoms with Crippen LogP contribution in [0.3, 0.4) is 0 Å². The average molecular weight is 405 g/mol. The molecular weight excluding hydrogens is 378 g/mol. The predicted octanol–water partition coefficient (Wildman–Crippen LogP) is 1.61. The van der Waals surface area contributed by atoms with E-state index in [4.69, 9.17) is 9.47 Å². The van der Waals surface area contributed by atoms with E-state index in [9.17, 15) is 19.5 Å². The molecular formula is C20H27N3O6. The first-order valence-electron chi connectivity index (χ1n) is 9.48. The van der Waals surface area contributed by atoms with Gasteiger partial charge in [0.05, 0.1) is 6.61 Å². The predicted molar refractivity (Wildman–Crippen MR) is 107 cm³/mol. The van der Waals surface area contributed by atoms with Gasteiger partial charge in [-0.25, -0.2) is 14.3 Å². The highest BCUT2D eigenvalue weighted by Gasteiger charge is 2.30. The summed E-state index contributed by atoms with van der Waals surface area (Å²) in [4.78, 5) is 35.9. The van der Waals surface area contributed by atoms with E-state index in [0.29, 0.717) is 25.1 Å². The molecule has 2 rings (SSSR count). The van der Waals surface area contributed by atoms with Gasteiger partial charge in [-0.15, -0.1) is 5.10 Å². The first-order valence-corrected chi connectivity index (χ1v) is 9.48. The maximum Gasteiger partial charge on any atom is 0.347 e. The van der Waals surface area contributed by atoms with Crippen molar-refractivity contribution in [3.05, 3.63) is 50.7 Å². The van der Waals surface area contributed by atoms with Crippen molar-refractivity contribution in [2.75, 3.05) is 6.61 Å². The van der Waals surface area contributed by atoms with Crippen LogP contribution < -0.4 is 20.7 Å². The lowest BCUT2D eigenvalue weighted by atomic mass is 10.1. The number of carboxylic acids is 1. The van der Waals surface area contributed by atoms with E-state index in [0.717, 1.165) is 21.2 Å². The summed E-state index contributed by atoms with van der Waals surface area (Å²) in [6.07, 6.45) is 1.91. The average Bonchev–Trinajstić information content (AvgIpc) is 2.67. The van der Waals surface area contributed by atoms with Crippen molar-refractivity contribution in [1.82, 2.24) is 14.3 Å². The number of carboxylic acid groups (broad SMARTS) is 1. The Kier molecular flexibility index (Phi) is 7.19. The summed E-state index contributed by atoms with van der Waals surface area (Å²) in [5.74, 6) is -0.796. The van der Waals surface area contributed by atoms with Gasteiger partial charge in [-0.2, -0.15) is 0 Å². The van der Waals surface area contributed by atoms with Crippen LogP contribution in [-0.4, -0.2) is 37.6 Å². The van der Waals surface area contributed by atoms with Crippen molar-refractivity contribution in [3.63, 3.8) is 0 Å². The number of hydrogen-bond donors (Lipinski definition) is 1. The van der Waals surface area contributed by atoms with E-state index >= 15 is 0 Å². The van der Waals surface area contributed by atoms with Crippen molar-refractivity contribution in [2.45, 2.75) is 52.2 Å². The standard InChI is InChI=1S/C20H27N3O6/c1-5-6-12-23-17(24)16(21-22(4)19(23)27)28-13-11-14-9-7-8-10-15(14)29-20(2,3)18(25)26/h7-10H,5-6,11-13H2,1-4H3,(H,25,26). The summed E-state index contributed by atoms with van der Waals surface area (Å²) >= 11 is 0. The fourth-order valence-electron chi connectivity index (χ4n) is 2.59. The number of carbonyl (C=O) groups is 1. The molecule has 2 aromatic rings. The van der Waals surface area contributed by atoms with Crippen LogP contribution in [0.15, 0.2) is 33.9 Å². The first kappa shape index (κ1) is 22.2. The molecule has 9 heteroatoms. The molecule has 0 fully saturated rings. The van der Waals surface area contributed by atoms with Gasteiger partial charge in [-0.1, -0.05) is 31.5 Å². The second-order valence-electron chi connectivity index (χ2n) is 7.15. The van der Waals surface area contributed by atoms with Crippen LogP contribution in [0.25, 0.3) is 0 Å². The summed E-state index contributed by atoms with van der Waals surface area (Å²) in [6, 6.07) is 7.03. The maximum absolute atomic E-state index is 12.5. The summed E-state index contributed by atoms with van der Waals surface area (Å²) in [5, 5.41) is 13.2. The highest BCUT2D eigenvalue weighted by Crippen LogP contribution is 2.24. The lowest BCUT2D eigenvalue weighted by Gasteiger charge is -2.23. The first-order chi connectivity index (χ1) is 13.7. The second-order valence-corrected chi connectivity index (χ2v) is 7.15. The number of aromatic nitrogens is 3. The zero-order chi connectivity index (χ0) is 21.6. The molecule has 0 spiro atoms. The summed E-state index contributed by atoms with van der Waals surface area (Å²) < 4.78 is 13.4. The van der Waals surface area contributed by atoms with Crippen LogP contribution in [0, 0.1) is 0 Å². The van der Waals surface area contributed by atoms with E-state index in [1.54, 1.807) is 24.3 Å². The van der Waals surface area contributed by atoms with Crippen LogP contribution >= 0.6 is 0 Å². The Labute approximate surface area is 168 Å². The smallest absolute Gasteiger partial charge is 0.347 e. The normalized spacial score (nSPS) is 11.3. The quantitative estimate of drug-likeness (QED) is 0.639. The molecule has 0 amide bonds. The molecule has 0 aliphatic carbocycles. The molecule has 158 valence electrons. The van der Waals surface area contributed by atoms with Crippen LogP contribution in [0.2, 0.25) is 0 Å². The van der Waals surface area contributed by atoms with E-state index in [-0.39, 0.29) is 12.5 Å². The van der Waals surface area contributed by atoms with Crippen molar-refractivity contribution in [3.8, 4) is 11.6 Å². The lowest BCUT2D eigenvalue weighted by Crippen LogP contribution is -2.41. The van der Waals surface area contributed by atoms with Crippen molar-refractivity contribution in [1.29, 1.82) is 0 Å². The largest absolute Gasteiger partial charge is 0.478 e. The lowest BCUT2D eigenvalue weighted by molar-refractivity contribution is -0.152. The summed E-state index contributed by atoms with van der Waals surface area (Å²) in [6.45, 7) is 5.33. The van der Waals surface area contributed by atoms with Crippen molar-refractivity contribution < 1.29 is 19.4 Å². The Morgan fingerprint density at radius 1 is 1.24 bits per heavy atom. The van der Waals surface area contributed by atoms with Gasteiger partial charge in [0.15, 0.2) is 5.60 Å². The van der Waals surface area contributed by atoms with Crippen molar-refractivity contribution in [2.24, 2.45) is 7.05 Å². The number of benzene rings is 1. The number of nitrogens with zero attached hydrogens (tertiary/aromatic N) is 3. The molecule has 0 saturated carbocycles. The minimum Gasteiger partial charge on any atom is -0.478 e. The number of unbranched alkanes of at least 4 members (excludes halogenated alkanes) is 1. The Morgan fingerprint density at radius 2 is 1.93 bits per heavy atom. The zero-order valence-electron chi connectivity index (χ0n) is 17.2. The maximum atomic E-state index is 12.5. The number of rotatable bonds is 10. The van der Waals surface area contributed by atoms with Gasteiger partial charge in [0, 0.05) is 20.0 Å². The van der Waals surface area contributed by atoms with E-state index < -0.39 is 22.8 Å². The molecule has 0 atom stereocenters. The minimum atomic E-state index is -1.39. The van der Waals surface area contributed by atoms with Gasteiger partial charge in [0.1, 0.15) is 5.75 Å². The third-order valence-electron chi connectivity index (χ3n) is 4.37. The van der Waals surface area contributed by atoms with Gasteiger partial charge in [-0.05, 0) is 31.9 Å². The molecule has 0 saturated heterocycles. The fraction of sp³-hybridized carbons (Fsp3) is 0.500. The Bertz CT molecular complexity index is 977. The molecule has 1 aromatic heterocycles. The fourth-order valence-corrected chi connectivity index (χ4v) is 2.59. The monoisotopic (exact) mass is 405 g/mol. The molecule has 1 N–H and O–H groups in total. The number of para-hydroxylation sites is 1. The molecule has 0 aliphatic heterocycles. The third kappa shape index (κ3) is 5.46.